The zero-order chi connectivity index (χ0) is 29.3. The predicted molar refractivity (Wildman–Crippen MR) is 179 cm³/mol. The fraction of sp³-hybridized carbons (Fsp3) is 0. The van der Waals surface area contributed by atoms with Crippen LogP contribution in [0.3, 0.4) is 0 Å². The second kappa shape index (κ2) is 11.3. The van der Waals surface area contributed by atoms with Gasteiger partial charge in [-0.3, -0.25) is 15.0 Å². The number of nitrogens with zero attached hydrogens (tertiary/aromatic N) is 6. The Labute approximate surface area is 261 Å². The number of pyridine rings is 4. The fourth-order valence-electron chi connectivity index (χ4n) is 5.24. The van der Waals surface area contributed by atoms with Gasteiger partial charge < -0.3 is 0 Å². The van der Waals surface area contributed by atoms with Gasteiger partial charge in [-0.2, -0.15) is 0 Å². The average molecular weight is 603 g/mol. The van der Waals surface area contributed by atoms with Crippen molar-refractivity contribution in [2.75, 3.05) is 0 Å². The summed E-state index contributed by atoms with van der Waals surface area (Å²) in [6.07, 6.45) is 12.9. The number of hydrogen-bond acceptors (Lipinski definition) is 8. The molecule has 208 valence electrons. The van der Waals surface area contributed by atoms with E-state index in [1.807, 2.05) is 79.5 Å². The van der Waals surface area contributed by atoms with E-state index in [1.165, 1.54) is 10.8 Å². The first-order valence-corrected chi connectivity index (χ1v) is 15.6. The van der Waals surface area contributed by atoms with Gasteiger partial charge in [0.15, 0.2) is 0 Å². The third-order valence-corrected chi connectivity index (χ3v) is 9.49. The molecule has 44 heavy (non-hydrogen) atoms. The van der Waals surface area contributed by atoms with Crippen molar-refractivity contribution in [3.8, 4) is 64.7 Å². The molecule has 0 amide bonds. The second-order valence-electron chi connectivity index (χ2n) is 10.1. The minimum Gasteiger partial charge on any atom is -0.264 e. The third-order valence-electron chi connectivity index (χ3n) is 7.36. The minimum absolute atomic E-state index is 0.850. The number of benzene rings is 2. The first-order chi connectivity index (χ1) is 21.8. The Morgan fingerprint density at radius 1 is 0.432 bits per heavy atom. The number of hydrogen-bond donors (Lipinski definition) is 0. The molecule has 2 aromatic carbocycles. The standard InChI is InChI=1S/C36H22N6S2/c1-2-9-27-26(8-1)28(33-21-40-35(43-33)23-14-17-39-32(18-23)25-7-5-16-38-20-25)12-13-29(27)34-22-41-36(44-34)31-11-3-10-30(42-31)24-6-4-15-37-19-24/h1-22H. The largest absolute Gasteiger partial charge is 0.264 e. The lowest BCUT2D eigenvalue weighted by Gasteiger charge is -2.09. The van der Waals surface area contributed by atoms with Gasteiger partial charge in [0.1, 0.15) is 10.0 Å². The normalized spacial score (nSPS) is 11.2. The van der Waals surface area contributed by atoms with Gasteiger partial charge >= 0.3 is 0 Å². The number of aromatic nitrogens is 6. The van der Waals surface area contributed by atoms with Crippen LogP contribution in [-0.4, -0.2) is 29.9 Å². The van der Waals surface area contributed by atoms with Crippen LogP contribution in [0.15, 0.2) is 134 Å². The molecule has 0 N–H and O–H groups in total. The molecule has 8 aromatic rings. The summed E-state index contributed by atoms with van der Waals surface area (Å²) in [6, 6.07) is 30.9. The lowest BCUT2D eigenvalue weighted by atomic mass is 9.98. The van der Waals surface area contributed by atoms with Crippen LogP contribution in [0.1, 0.15) is 0 Å². The van der Waals surface area contributed by atoms with Crippen molar-refractivity contribution in [2.24, 2.45) is 0 Å². The van der Waals surface area contributed by atoms with Crippen LogP contribution in [0.2, 0.25) is 0 Å². The van der Waals surface area contributed by atoms with Crippen molar-refractivity contribution in [1.29, 1.82) is 0 Å². The first-order valence-electron chi connectivity index (χ1n) is 14.0. The molecule has 6 aromatic heterocycles. The average Bonchev–Trinajstić information content (AvgIpc) is 3.80. The van der Waals surface area contributed by atoms with Crippen molar-refractivity contribution in [2.45, 2.75) is 0 Å². The number of fused-ring (bicyclic) bond motifs is 1. The van der Waals surface area contributed by atoms with Crippen LogP contribution in [0, 0.1) is 0 Å². The zero-order valence-electron chi connectivity index (χ0n) is 23.2. The highest BCUT2D eigenvalue weighted by Crippen LogP contribution is 2.41. The van der Waals surface area contributed by atoms with Gasteiger partial charge in [-0.05, 0) is 59.3 Å². The Bertz CT molecular complexity index is 2080. The molecular weight excluding hydrogens is 581 g/mol. The highest BCUT2D eigenvalue weighted by Gasteiger charge is 2.16. The smallest absolute Gasteiger partial charge is 0.142 e. The molecule has 0 saturated heterocycles. The molecule has 8 rings (SSSR count). The van der Waals surface area contributed by atoms with E-state index in [0.717, 1.165) is 64.7 Å². The second-order valence-corrected chi connectivity index (χ2v) is 12.1. The maximum Gasteiger partial charge on any atom is 0.142 e. The molecule has 6 nitrogen and oxygen atoms in total. The molecule has 0 radical (unpaired) electrons. The molecule has 0 aliphatic carbocycles. The quantitative estimate of drug-likeness (QED) is 0.189. The van der Waals surface area contributed by atoms with Crippen LogP contribution < -0.4 is 0 Å². The molecule has 0 bridgehead atoms. The van der Waals surface area contributed by atoms with Gasteiger partial charge in [-0.1, -0.05) is 42.5 Å². The van der Waals surface area contributed by atoms with Crippen LogP contribution in [0.5, 0.6) is 0 Å². The number of rotatable bonds is 6. The highest BCUT2D eigenvalue weighted by molar-refractivity contribution is 7.18. The van der Waals surface area contributed by atoms with Gasteiger partial charge in [-0.15, -0.1) is 22.7 Å². The van der Waals surface area contributed by atoms with Crippen molar-refractivity contribution < 1.29 is 0 Å². The van der Waals surface area contributed by atoms with Crippen molar-refractivity contribution in [3.05, 3.63) is 134 Å². The van der Waals surface area contributed by atoms with Gasteiger partial charge in [0.25, 0.3) is 0 Å². The van der Waals surface area contributed by atoms with Gasteiger partial charge in [0, 0.05) is 71.2 Å². The number of thiazole rings is 2. The Balaban J connectivity index is 1.13. The van der Waals surface area contributed by atoms with E-state index in [2.05, 4.69) is 57.4 Å². The summed E-state index contributed by atoms with van der Waals surface area (Å²) in [5.41, 5.74) is 7.92. The maximum atomic E-state index is 4.88. The molecule has 0 aliphatic heterocycles. The molecule has 8 heteroatoms. The van der Waals surface area contributed by atoms with Gasteiger partial charge in [-0.25, -0.2) is 15.0 Å². The summed E-state index contributed by atoms with van der Waals surface area (Å²) in [7, 11) is 0. The molecule has 0 aliphatic rings. The zero-order valence-corrected chi connectivity index (χ0v) is 24.8. The monoisotopic (exact) mass is 602 g/mol. The first kappa shape index (κ1) is 26.2. The lowest BCUT2D eigenvalue weighted by molar-refractivity contribution is 1.26. The van der Waals surface area contributed by atoms with Crippen LogP contribution in [-0.2, 0) is 0 Å². The molecular formula is C36H22N6S2. The molecule has 0 atom stereocenters. The van der Waals surface area contributed by atoms with E-state index in [-0.39, 0.29) is 0 Å². The predicted octanol–water partition coefficient (Wildman–Crippen LogP) is 9.33. The maximum absolute atomic E-state index is 4.88. The fourth-order valence-corrected chi connectivity index (χ4v) is 7.12. The summed E-state index contributed by atoms with van der Waals surface area (Å²) in [5, 5.41) is 4.19. The summed E-state index contributed by atoms with van der Waals surface area (Å²) >= 11 is 3.33. The minimum atomic E-state index is 0.850. The van der Waals surface area contributed by atoms with E-state index in [4.69, 9.17) is 15.0 Å². The summed E-state index contributed by atoms with van der Waals surface area (Å²) in [4.78, 5) is 29.7. The van der Waals surface area contributed by atoms with Crippen LogP contribution >= 0.6 is 22.7 Å². The Hall–Kier alpha value is -5.44. The Morgan fingerprint density at radius 2 is 1.07 bits per heavy atom. The van der Waals surface area contributed by atoms with Crippen molar-refractivity contribution >= 4 is 33.4 Å². The Kier molecular flexibility index (Phi) is 6.75. The van der Waals surface area contributed by atoms with Crippen LogP contribution in [0.4, 0.5) is 0 Å². The molecule has 0 saturated carbocycles. The summed E-state index contributed by atoms with van der Waals surface area (Å²) < 4.78 is 0. The summed E-state index contributed by atoms with van der Waals surface area (Å²) in [5.74, 6) is 0. The van der Waals surface area contributed by atoms with Gasteiger partial charge in [0.2, 0.25) is 0 Å². The van der Waals surface area contributed by atoms with E-state index < -0.39 is 0 Å². The molecule has 0 fully saturated rings. The molecule has 6 heterocycles. The topological polar surface area (TPSA) is 77.3 Å². The van der Waals surface area contributed by atoms with E-state index >= 15 is 0 Å². The lowest BCUT2D eigenvalue weighted by Crippen LogP contribution is -1.87. The third kappa shape index (κ3) is 4.96. The van der Waals surface area contributed by atoms with E-state index in [0.29, 0.717) is 0 Å². The van der Waals surface area contributed by atoms with Crippen molar-refractivity contribution in [3.63, 3.8) is 0 Å². The SMILES string of the molecule is c1cncc(-c2cc(-c3ncc(-c4ccc(-c5cnc(-c6cccc(-c7cccnc7)n6)s5)c5ccccc45)s3)ccn2)c1. The highest BCUT2D eigenvalue weighted by atomic mass is 32.1. The van der Waals surface area contributed by atoms with Gasteiger partial charge in [0.05, 0.1) is 26.8 Å². The van der Waals surface area contributed by atoms with Crippen LogP contribution in [0.25, 0.3) is 75.4 Å². The molecule has 0 spiro atoms. The van der Waals surface area contributed by atoms with E-state index in [1.54, 1.807) is 35.1 Å². The Morgan fingerprint density at radius 3 is 1.75 bits per heavy atom. The summed E-state index contributed by atoms with van der Waals surface area (Å²) in [6.45, 7) is 0. The molecule has 0 unspecified atom stereocenters. The van der Waals surface area contributed by atoms with E-state index in [9.17, 15) is 0 Å². The van der Waals surface area contributed by atoms with Crippen molar-refractivity contribution in [1.82, 2.24) is 29.9 Å².